The minimum absolute atomic E-state index is 0.222. The summed E-state index contributed by atoms with van der Waals surface area (Å²) in [5, 5.41) is 0. The molecule has 13 heavy (non-hydrogen) atoms. The van der Waals surface area contributed by atoms with Crippen molar-refractivity contribution in [2.75, 3.05) is 26.2 Å². The molecule has 0 aromatic heterocycles. The van der Waals surface area contributed by atoms with Crippen molar-refractivity contribution in [2.45, 2.75) is 38.8 Å². The van der Waals surface area contributed by atoms with E-state index in [1.54, 1.807) is 0 Å². The molecule has 1 aliphatic rings. The van der Waals surface area contributed by atoms with Gasteiger partial charge in [-0.1, -0.05) is 20.3 Å². The molecule has 0 aliphatic carbocycles. The third-order valence-electron chi connectivity index (χ3n) is 2.72. The number of morpholine rings is 1. The van der Waals surface area contributed by atoms with Crippen LogP contribution in [0.5, 0.6) is 0 Å². The highest BCUT2D eigenvalue weighted by atomic mass is 16.5. The van der Waals surface area contributed by atoms with Crippen LogP contribution in [0.3, 0.4) is 0 Å². The van der Waals surface area contributed by atoms with Crippen molar-refractivity contribution in [3.63, 3.8) is 0 Å². The van der Waals surface area contributed by atoms with Gasteiger partial charge in [0.2, 0.25) is 0 Å². The Bertz CT molecular complexity index is 141. The fourth-order valence-corrected chi connectivity index (χ4v) is 1.80. The summed E-state index contributed by atoms with van der Waals surface area (Å²) in [5.41, 5.74) is 6.02. The topological polar surface area (TPSA) is 38.5 Å². The van der Waals surface area contributed by atoms with Crippen LogP contribution >= 0.6 is 0 Å². The molecule has 1 fully saturated rings. The molecule has 1 rings (SSSR count). The Kier molecular flexibility index (Phi) is 4.70. The van der Waals surface area contributed by atoms with E-state index >= 15 is 0 Å². The molecule has 0 amide bonds. The van der Waals surface area contributed by atoms with Gasteiger partial charge in [-0.2, -0.15) is 0 Å². The normalized spacial score (nSPS) is 27.5. The first kappa shape index (κ1) is 11.0. The summed E-state index contributed by atoms with van der Waals surface area (Å²) < 4.78 is 5.66. The molecule has 3 nitrogen and oxygen atoms in total. The quantitative estimate of drug-likeness (QED) is 0.707. The van der Waals surface area contributed by atoms with Gasteiger partial charge in [-0.05, 0) is 13.0 Å². The molecular weight excluding hydrogens is 164 g/mol. The van der Waals surface area contributed by atoms with Gasteiger partial charge in [0.05, 0.1) is 12.7 Å². The summed E-state index contributed by atoms with van der Waals surface area (Å²) in [6.07, 6.45) is 2.48. The second-order valence-corrected chi connectivity index (χ2v) is 3.76. The first-order valence-electron chi connectivity index (χ1n) is 5.37. The highest BCUT2D eigenvalue weighted by molar-refractivity contribution is 4.79. The lowest BCUT2D eigenvalue weighted by molar-refractivity contribution is -0.0398. The van der Waals surface area contributed by atoms with Crippen LogP contribution in [0.25, 0.3) is 0 Å². The number of hydrogen-bond acceptors (Lipinski definition) is 3. The van der Waals surface area contributed by atoms with Crippen LogP contribution in [-0.2, 0) is 4.74 Å². The highest BCUT2D eigenvalue weighted by Gasteiger charge is 2.24. The van der Waals surface area contributed by atoms with E-state index in [0.29, 0.717) is 0 Å². The highest BCUT2D eigenvalue weighted by Crippen LogP contribution is 2.10. The van der Waals surface area contributed by atoms with Crippen LogP contribution < -0.4 is 5.73 Å². The molecule has 78 valence electrons. The standard InChI is InChI=1S/C10H22N2O/c1-3-5-9(11)10-8-12(4-2)6-7-13-10/h9-10H,3-8,11H2,1-2H3/t9-,10?/m1/s1. The lowest BCUT2D eigenvalue weighted by Crippen LogP contribution is -2.50. The van der Waals surface area contributed by atoms with E-state index in [1.165, 1.54) is 0 Å². The van der Waals surface area contributed by atoms with Gasteiger partial charge in [0.1, 0.15) is 0 Å². The maximum Gasteiger partial charge on any atom is 0.0853 e. The van der Waals surface area contributed by atoms with Crippen molar-refractivity contribution >= 4 is 0 Å². The Labute approximate surface area is 81.2 Å². The predicted molar refractivity (Wildman–Crippen MR) is 54.7 cm³/mol. The molecule has 2 N–H and O–H groups in total. The smallest absolute Gasteiger partial charge is 0.0853 e. The van der Waals surface area contributed by atoms with Crippen molar-refractivity contribution in [3.8, 4) is 0 Å². The SMILES string of the molecule is CCC[C@@H](N)C1CN(CC)CCO1. The van der Waals surface area contributed by atoms with Crippen molar-refractivity contribution in [3.05, 3.63) is 0 Å². The second kappa shape index (κ2) is 5.58. The van der Waals surface area contributed by atoms with E-state index in [1.807, 2.05) is 0 Å². The number of rotatable bonds is 4. The number of nitrogens with two attached hydrogens (primary N) is 1. The zero-order chi connectivity index (χ0) is 9.68. The van der Waals surface area contributed by atoms with Gasteiger partial charge < -0.3 is 10.5 Å². The zero-order valence-corrected chi connectivity index (χ0v) is 8.83. The Balaban J connectivity index is 2.32. The molecule has 1 unspecified atom stereocenters. The van der Waals surface area contributed by atoms with Gasteiger partial charge in [0.25, 0.3) is 0 Å². The molecule has 0 saturated carbocycles. The van der Waals surface area contributed by atoms with Crippen LogP contribution in [0.4, 0.5) is 0 Å². The van der Waals surface area contributed by atoms with E-state index in [2.05, 4.69) is 18.7 Å². The second-order valence-electron chi connectivity index (χ2n) is 3.76. The molecular formula is C10H22N2O. The van der Waals surface area contributed by atoms with Gasteiger partial charge in [0.15, 0.2) is 0 Å². The Morgan fingerprint density at radius 3 is 2.92 bits per heavy atom. The fraction of sp³-hybridized carbons (Fsp3) is 1.00. The lowest BCUT2D eigenvalue weighted by atomic mass is 10.1. The van der Waals surface area contributed by atoms with Gasteiger partial charge >= 0.3 is 0 Å². The summed E-state index contributed by atoms with van der Waals surface area (Å²) in [4.78, 5) is 2.41. The molecule has 0 radical (unpaired) electrons. The summed E-state index contributed by atoms with van der Waals surface area (Å²) >= 11 is 0. The average Bonchev–Trinajstić information content (AvgIpc) is 2.18. The van der Waals surface area contributed by atoms with Crippen LogP contribution in [0.1, 0.15) is 26.7 Å². The molecule has 0 bridgehead atoms. The van der Waals surface area contributed by atoms with E-state index in [0.717, 1.165) is 39.1 Å². The van der Waals surface area contributed by atoms with E-state index in [9.17, 15) is 0 Å². The van der Waals surface area contributed by atoms with Crippen molar-refractivity contribution in [2.24, 2.45) is 5.73 Å². The van der Waals surface area contributed by atoms with Crippen LogP contribution in [0.2, 0.25) is 0 Å². The van der Waals surface area contributed by atoms with E-state index in [-0.39, 0.29) is 12.1 Å². The van der Waals surface area contributed by atoms with Gasteiger partial charge in [-0.3, -0.25) is 4.90 Å². The molecule has 1 heterocycles. The van der Waals surface area contributed by atoms with E-state index in [4.69, 9.17) is 10.5 Å². The van der Waals surface area contributed by atoms with Crippen molar-refractivity contribution in [1.29, 1.82) is 0 Å². The third-order valence-corrected chi connectivity index (χ3v) is 2.72. The van der Waals surface area contributed by atoms with E-state index < -0.39 is 0 Å². The minimum Gasteiger partial charge on any atom is -0.374 e. The number of likely N-dealkylation sites (N-methyl/N-ethyl adjacent to an activating group) is 1. The lowest BCUT2D eigenvalue weighted by Gasteiger charge is -2.35. The zero-order valence-electron chi connectivity index (χ0n) is 8.83. The Hall–Kier alpha value is -0.120. The van der Waals surface area contributed by atoms with Crippen LogP contribution in [0, 0.1) is 0 Å². The van der Waals surface area contributed by atoms with Crippen LogP contribution in [0.15, 0.2) is 0 Å². The van der Waals surface area contributed by atoms with Gasteiger partial charge in [-0.25, -0.2) is 0 Å². The minimum atomic E-state index is 0.222. The maximum absolute atomic E-state index is 6.02. The summed E-state index contributed by atoms with van der Waals surface area (Å²) in [6.45, 7) is 8.38. The Morgan fingerprint density at radius 1 is 1.54 bits per heavy atom. The maximum atomic E-state index is 6.02. The van der Waals surface area contributed by atoms with Gasteiger partial charge in [0, 0.05) is 19.1 Å². The number of hydrogen-bond donors (Lipinski definition) is 1. The monoisotopic (exact) mass is 186 g/mol. The van der Waals surface area contributed by atoms with Crippen LogP contribution in [-0.4, -0.2) is 43.3 Å². The molecule has 2 atom stereocenters. The van der Waals surface area contributed by atoms with Crippen molar-refractivity contribution in [1.82, 2.24) is 4.90 Å². The molecule has 0 spiro atoms. The summed E-state index contributed by atoms with van der Waals surface area (Å²) in [6, 6.07) is 0.222. The third kappa shape index (κ3) is 3.25. The number of nitrogens with zero attached hydrogens (tertiary/aromatic N) is 1. The van der Waals surface area contributed by atoms with Gasteiger partial charge in [-0.15, -0.1) is 0 Å². The fourth-order valence-electron chi connectivity index (χ4n) is 1.80. The van der Waals surface area contributed by atoms with Crippen molar-refractivity contribution < 1.29 is 4.74 Å². The molecule has 3 heteroatoms. The average molecular weight is 186 g/mol. The predicted octanol–water partition coefficient (Wildman–Crippen LogP) is 0.834. The Morgan fingerprint density at radius 2 is 2.31 bits per heavy atom. The molecule has 1 aliphatic heterocycles. The summed E-state index contributed by atoms with van der Waals surface area (Å²) in [7, 11) is 0. The molecule has 1 saturated heterocycles. The molecule has 0 aromatic rings. The largest absolute Gasteiger partial charge is 0.374 e. The first-order chi connectivity index (χ1) is 6.27. The molecule has 0 aromatic carbocycles. The summed E-state index contributed by atoms with van der Waals surface area (Å²) in [5.74, 6) is 0. The number of ether oxygens (including phenoxy) is 1. The first-order valence-corrected chi connectivity index (χ1v) is 5.37.